The summed E-state index contributed by atoms with van der Waals surface area (Å²) < 4.78 is 1.29. The Bertz CT molecular complexity index is 2620. The molecule has 254 valence electrons. The van der Waals surface area contributed by atoms with Gasteiger partial charge < -0.3 is 0 Å². The highest BCUT2D eigenvalue weighted by atomic mass is 32.1. The molecule has 0 amide bonds. The van der Waals surface area contributed by atoms with Crippen molar-refractivity contribution < 1.29 is 0 Å². The largest absolute Gasteiger partial charge is 0.228 e. The Morgan fingerprint density at radius 2 is 1.11 bits per heavy atom. The Hall–Kier alpha value is -6.16. The molecule has 0 aliphatic heterocycles. The molecule has 1 aliphatic rings. The molecule has 0 bridgehead atoms. The number of hydrogen-bond donors (Lipinski definition) is 0. The van der Waals surface area contributed by atoms with Crippen molar-refractivity contribution >= 4 is 33.1 Å². The summed E-state index contributed by atoms with van der Waals surface area (Å²) in [7, 11) is 0. The fraction of sp³-hybridized carbons (Fsp3) is 0.0800. The van der Waals surface area contributed by atoms with E-state index in [1.54, 1.807) is 0 Å². The number of rotatable bonds is 5. The van der Waals surface area contributed by atoms with Crippen LogP contribution in [0.4, 0.5) is 0 Å². The summed E-state index contributed by atoms with van der Waals surface area (Å²) in [5, 5.41) is 1.29. The summed E-state index contributed by atoms with van der Waals surface area (Å²) >= 11 is 1.84. The molecule has 2 nitrogen and oxygen atoms in total. The second kappa shape index (κ2) is 13.4. The van der Waals surface area contributed by atoms with Crippen molar-refractivity contribution in [3.05, 3.63) is 192 Å². The molecule has 3 heteroatoms. The Balaban J connectivity index is 1.21. The van der Waals surface area contributed by atoms with E-state index in [0.717, 1.165) is 62.3 Å². The summed E-state index contributed by atoms with van der Waals surface area (Å²) in [6.45, 7) is 9.49. The zero-order valence-corrected chi connectivity index (χ0v) is 30.7. The number of nitrogens with zero attached hydrogens (tertiary/aromatic N) is 2. The first-order valence-corrected chi connectivity index (χ1v) is 19.0. The van der Waals surface area contributed by atoms with Crippen molar-refractivity contribution in [3.63, 3.8) is 0 Å². The van der Waals surface area contributed by atoms with Gasteiger partial charge in [-0.15, -0.1) is 11.3 Å². The molecule has 0 spiro atoms. The van der Waals surface area contributed by atoms with Gasteiger partial charge in [0.15, 0.2) is 5.82 Å². The van der Waals surface area contributed by atoms with Gasteiger partial charge in [0.1, 0.15) is 0 Å². The first-order chi connectivity index (χ1) is 25.9. The van der Waals surface area contributed by atoms with Crippen LogP contribution in [0.5, 0.6) is 0 Å². The van der Waals surface area contributed by atoms with Crippen LogP contribution in [0.2, 0.25) is 0 Å². The lowest BCUT2D eigenvalue weighted by atomic mass is 9.77. The summed E-state index contributed by atoms with van der Waals surface area (Å²) in [6, 6.07) is 55.8. The molecule has 53 heavy (non-hydrogen) atoms. The van der Waals surface area contributed by atoms with Gasteiger partial charge in [0.05, 0.1) is 11.4 Å². The van der Waals surface area contributed by atoms with Crippen molar-refractivity contribution in [3.8, 4) is 56.2 Å². The van der Waals surface area contributed by atoms with Crippen LogP contribution in [-0.4, -0.2) is 9.97 Å². The van der Waals surface area contributed by atoms with E-state index in [0.29, 0.717) is 5.82 Å². The lowest BCUT2D eigenvalue weighted by Crippen LogP contribution is -2.18. The Labute approximate surface area is 315 Å². The van der Waals surface area contributed by atoms with E-state index in [1.807, 2.05) is 23.5 Å². The third-order valence-corrected chi connectivity index (χ3v) is 11.7. The summed E-state index contributed by atoms with van der Waals surface area (Å²) in [4.78, 5) is 11.7. The number of benzene rings is 6. The maximum Gasteiger partial charge on any atom is 0.161 e. The molecule has 0 radical (unpaired) electrons. The molecule has 0 saturated carbocycles. The monoisotopic (exact) mass is 698 g/mol. The van der Waals surface area contributed by atoms with Crippen molar-refractivity contribution in [2.24, 2.45) is 0 Å². The molecular weight excluding hydrogens is 661 g/mol. The van der Waals surface area contributed by atoms with Gasteiger partial charge in [-0.2, -0.15) is 0 Å². The Morgan fingerprint density at radius 3 is 1.79 bits per heavy atom. The van der Waals surface area contributed by atoms with Crippen molar-refractivity contribution in [1.29, 1.82) is 0 Å². The van der Waals surface area contributed by atoms with Crippen molar-refractivity contribution in [2.45, 2.75) is 25.7 Å². The van der Waals surface area contributed by atoms with Crippen LogP contribution < -0.4 is 0 Å². The van der Waals surface area contributed by atoms with Gasteiger partial charge in [-0.05, 0) is 69.0 Å². The van der Waals surface area contributed by atoms with Crippen LogP contribution in [-0.2, 0) is 5.41 Å². The molecule has 0 unspecified atom stereocenters. The summed E-state index contributed by atoms with van der Waals surface area (Å²) in [6.07, 6.45) is 5.60. The van der Waals surface area contributed by atoms with Gasteiger partial charge in [0.25, 0.3) is 0 Å². The van der Waals surface area contributed by atoms with Crippen LogP contribution in [0.25, 0.3) is 77.9 Å². The third-order valence-electron chi connectivity index (χ3n) is 10.5. The van der Waals surface area contributed by atoms with Crippen LogP contribution in [0.1, 0.15) is 41.8 Å². The maximum atomic E-state index is 5.21. The van der Waals surface area contributed by atoms with Crippen LogP contribution in [0.3, 0.4) is 0 Å². The number of hydrogen-bond acceptors (Lipinski definition) is 3. The van der Waals surface area contributed by atoms with Crippen molar-refractivity contribution in [1.82, 2.24) is 9.97 Å². The highest BCUT2D eigenvalue weighted by molar-refractivity contribution is 7.20. The second-order valence-electron chi connectivity index (χ2n) is 14.4. The van der Waals surface area contributed by atoms with Gasteiger partial charge >= 0.3 is 0 Å². The summed E-state index contributed by atoms with van der Waals surface area (Å²) in [5.74, 6) is 0.699. The zero-order valence-electron chi connectivity index (χ0n) is 29.9. The van der Waals surface area contributed by atoms with Gasteiger partial charge in [-0.3, -0.25) is 0 Å². The average Bonchev–Trinajstić information content (AvgIpc) is 3.60. The fourth-order valence-electron chi connectivity index (χ4n) is 7.67. The van der Waals surface area contributed by atoms with E-state index < -0.39 is 0 Å². The molecule has 8 aromatic rings. The fourth-order valence-corrected chi connectivity index (χ4v) is 8.85. The molecule has 9 rings (SSSR count). The third kappa shape index (κ3) is 6.03. The molecule has 0 N–H and O–H groups in total. The van der Waals surface area contributed by atoms with Crippen LogP contribution in [0.15, 0.2) is 170 Å². The lowest BCUT2D eigenvalue weighted by molar-refractivity contribution is 0.534. The highest BCUT2D eigenvalue weighted by Gasteiger charge is 2.28. The number of fused-ring (bicyclic) bond motifs is 4. The highest BCUT2D eigenvalue weighted by Crippen LogP contribution is 2.46. The van der Waals surface area contributed by atoms with E-state index in [2.05, 4.69) is 172 Å². The minimum absolute atomic E-state index is 0.0685. The SMILES string of the molecule is C=C1c2cc(-c3ccccc3-c3ccccc3-c3nc(-c4ccccc4)cc(-c4ccccc4)n3)ccc2C(C)(C)C/C=C\c2c1sc1ccccc21. The molecule has 1 aliphatic carbocycles. The first kappa shape index (κ1) is 32.7. The normalized spacial score (nSPS) is 14.1. The molecule has 0 atom stereocenters. The van der Waals surface area contributed by atoms with E-state index in [4.69, 9.17) is 16.5 Å². The van der Waals surface area contributed by atoms with E-state index in [1.165, 1.54) is 31.7 Å². The Kier molecular flexibility index (Phi) is 8.29. The molecule has 0 saturated heterocycles. The minimum atomic E-state index is -0.0685. The van der Waals surface area contributed by atoms with Gasteiger partial charge in [0.2, 0.25) is 0 Å². The zero-order chi connectivity index (χ0) is 35.9. The van der Waals surface area contributed by atoms with E-state index in [9.17, 15) is 0 Å². The number of allylic oxidation sites excluding steroid dienone is 1. The maximum absolute atomic E-state index is 5.21. The lowest BCUT2D eigenvalue weighted by Gasteiger charge is -2.28. The average molecular weight is 699 g/mol. The molecule has 2 aromatic heterocycles. The molecule has 2 heterocycles. The smallest absolute Gasteiger partial charge is 0.161 e. The van der Waals surface area contributed by atoms with Crippen LogP contribution in [0, 0.1) is 0 Å². The van der Waals surface area contributed by atoms with Gasteiger partial charge in [-0.25, -0.2) is 9.97 Å². The standard InChI is InChI=1S/C50H38N2S/c1-33-43-31-36(28-29-44(43)50(2,3)30-16-26-41-40-24-14-15-27-47(40)53-48(33)41)37-21-10-11-22-38(37)39-23-12-13-25-42(39)49-51-45(34-17-6-4-7-18-34)32-46(52-49)35-19-8-5-9-20-35/h4-29,31-32H,1,30H2,2-3H3/b26-16-. The first-order valence-electron chi connectivity index (χ1n) is 18.2. The quantitative estimate of drug-likeness (QED) is 0.179. The predicted octanol–water partition coefficient (Wildman–Crippen LogP) is 13.8. The number of thiophene rings is 1. The minimum Gasteiger partial charge on any atom is -0.228 e. The second-order valence-corrected chi connectivity index (χ2v) is 15.4. The van der Waals surface area contributed by atoms with Crippen molar-refractivity contribution in [2.75, 3.05) is 0 Å². The van der Waals surface area contributed by atoms with Gasteiger partial charge in [-0.1, -0.05) is 172 Å². The topological polar surface area (TPSA) is 25.8 Å². The number of aromatic nitrogens is 2. The summed E-state index contributed by atoms with van der Waals surface area (Å²) in [5.41, 5.74) is 14.2. The van der Waals surface area contributed by atoms with Crippen LogP contribution >= 0.6 is 11.3 Å². The van der Waals surface area contributed by atoms with E-state index >= 15 is 0 Å². The Morgan fingerprint density at radius 1 is 0.547 bits per heavy atom. The van der Waals surface area contributed by atoms with Gasteiger partial charge in [0, 0.05) is 37.2 Å². The predicted molar refractivity (Wildman–Crippen MR) is 226 cm³/mol. The molecule has 0 fully saturated rings. The molecular formula is C50H38N2S. The molecule has 6 aromatic carbocycles. The van der Waals surface area contributed by atoms with E-state index in [-0.39, 0.29) is 5.41 Å².